The molecule has 2 fully saturated rings. The molecule has 29 heavy (non-hydrogen) atoms. The maximum atomic E-state index is 13.3. The molecule has 3 atom stereocenters. The molecule has 2 aliphatic rings. The predicted octanol–water partition coefficient (Wildman–Crippen LogP) is 3.98. The molecule has 5 rings (SSSR count). The van der Waals surface area contributed by atoms with E-state index in [0.29, 0.717) is 16.5 Å². The molecule has 2 aliphatic heterocycles. The molecule has 3 aromatic rings. The third-order valence-corrected chi connectivity index (χ3v) is 5.56. The van der Waals surface area contributed by atoms with Crippen LogP contribution in [-0.4, -0.2) is 22.8 Å². The molecule has 3 heterocycles. The molecule has 1 aromatic heterocycles. The smallest absolute Gasteiger partial charge is 0.262 e. The van der Waals surface area contributed by atoms with Crippen LogP contribution in [0.2, 0.25) is 5.02 Å². The van der Waals surface area contributed by atoms with Crippen molar-refractivity contribution in [3.05, 3.63) is 89.3 Å². The Morgan fingerprint density at radius 3 is 2.34 bits per heavy atom. The molecule has 0 spiro atoms. The van der Waals surface area contributed by atoms with Gasteiger partial charge in [-0.3, -0.25) is 19.3 Å². The number of carbonyl (C=O) groups is 2. The fourth-order valence-corrected chi connectivity index (χ4v) is 4.08. The Kier molecular flexibility index (Phi) is 4.38. The van der Waals surface area contributed by atoms with Crippen LogP contribution in [0, 0.1) is 5.92 Å². The van der Waals surface area contributed by atoms with E-state index in [-0.39, 0.29) is 18.4 Å². The number of furan rings is 1. The lowest BCUT2D eigenvalue weighted by Gasteiger charge is -2.27. The number of imide groups is 1. The van der Waals surface area contributed by atoms with Crippen molar-refractivity contribution in [2.45, 2.75) is 18.7 Å². The lowest BCUT2D eigenvalue weighted by atomic mass is 9.94. The molecule has 0 unspecified atom stereocenters. The number of amides is 2. The summed E-state index contributed by atoms with van der Waals surface area (Å²) in [6, 6.07) is 19.5. The predicted molar refractivity (Wildman–Crippen MR) is 106 cm³/mol. The minimum Gasteiger partial charge on any atom is -0.467 e. The number of likely N-dealkylation sites (tertiary alicyclic amines) is 1. The Morgan fingerprint density at radius 2 is 1.66 bits per heavy atom. The first-order valence-electron chi connectivity index (χ1n) is 9.27. The number of benzene rings is 2. The van der Waals surface area contributed by atoms with Gasteiger partial charge in [0.25, 0.3) is 5.91 Å². The van der Waals surface area contributed by atoms with Gasteiger partial charge in [-0.25, -0.2) is 5.06 Å². The number of anilines is 1. The van der Waals surface area contributed by atoms with Crippen LogP contribution in [0.4, 0.5) is 5.69 Å². The highest BCUT2D eigenvalue weighted by Crippen LogP contribution is 2.47. The fraction of sp³-hybridized carbons (Fsp3) is 0.182. The summed E-state index contributed by atoms with van der Waals surface area (Å²) in [6.45, 7) is 0.223. The molecular formula is C22H17ClN2O4. The number of hydrogen-bond donors (Lipinski definition) is 0. The van der Waals surface area contributed by atoms with Crippen LogP contribution in [0.5, 0.6) is 0 Å². The Bertz CT molecular complexity index is 1040. The summed E-state index contributed by atoms with van der Waals surface area (Å²) in [4.78, 5) is 33.6. The molecule has 0 bridgehead atoms. The van der Waals surface area contributed by atoms with Gasteiger partial charge in [0.2, 0.25) is 5.91 Å². The van der Waals surface area contributed by atoms with E-state index in [9.17, 15) is 9.59 Å². The first kappa shape index (κ1) is 18.0. The minimum atomic E-state index is -0.892. The molecular weight excluding hydrogens is 392 g/mol. The second-order valence-electron chi connectivity index (χ2n) is 7.06. The lowest BCUT2D eigenvalue weighted by Crippen LogP contribution is -2.36. The number of nitrogens with zero attached hydrogens (tertiary/aromatic N) is 2. The lowest BCUT2D eigenvalue weighted by molar-refractivity contribution is -0.143. The van der Waals surface area contributed by atoms with Gasteiger partial charge in [0.1, 0.15) is 17.7 Å². The van der Waals surface area contributed by atoms with Crippen molar-refractivity contribution in [2.75, 3.05) is 5.06 Å². The number of carbonyl (C=O) groups excluding carboxylic acids is 2. The third-order valence-electron chi connectivity index (χ3n) is 5.31. The van der Waals surface area contributed by atoms with Gasteiger partial charge < -0.3 is 4.42 Å². The van der Waals surface area contributed by atoms with Crippen LogP contribution in [0.3, 0.4) is 0 Å². The maximum Gasteiger partial charge on any atom is 0.262 e. The van der Waals surface area contributed by atoms with Gasteiger partial charge >= 0.3 is 0 Å². The van der Waals surface area contributed by atoms with Gasteiger partial charge in [-0.15, -0.1) is 0 Å². The van der Waals surface area contributed by atoms with Crippen molar-refractivity contribution >= 4 is 29.1 Å². The molecule has 2 amide bonds. The van der Waals surface area contributed by atoms with E-state index >= 15 is 0 Å². The number of hydrogen-bond acceptors (Lipinski definition) is 5. The van der Waals surface area contributed by atoms with Crippen LogP contribution in [0.15, 0.2) is 77.4 Å². The van der Waals surface area contributed by atoms with E-state index in [0.717, 1.165) is 5.56 Å². The molecule has 0 N–H and O–H groups in total. The van der Waals surface area contributed by atoms with Crippen molar-refractivity contribution in [3.8, 4) is 0 Å². The average molecular weight is 409 g/mol. The second kappa shape index (κ2) is 7.06. The number of halogens is 1. The molecule has 2 saturated heterocycles. The molecule has 2 aromatic carbocycles. The van der Waals surface area contributed by atoms with Crippen molar-refractivity contribution in [2.24, 2.45) is 5.92 Å². The average Bonchev–Trinajstić information content (AvgIpc) is 3.44. The standard InChI is InChI=1S/C22H17ClN2O4/c23-15-8-10-16(11-9-15)25-19(17-7-4-12-28-17)18-20(29-25)22(27)24(21(18)26)13-14-5-2-1-3-6-14/h1-12,18-20H,13H2/t18-,19+,20-/m1/s1. The largest absolute Gasteiger partial charge is 0.467 e. The Labute approximate surface area is 172 Å². The van der Waals surface area contributed by atoms with Crippen LogP contribution in [-0.2, 0) is 21.0 Å². The van der Waals surface area contributed by atoms with E-state index in [1.165, 1.54) is 4.90 Å². The van der Waals surface area contributed by atoms with E-state index in [4.69, 9.17) is 20.9 Å². The van der Waals surface area contributed by atoms with Crippen LogP contribution < -0.4 is 5.06 Å². The monoisotopic (exact) mass is 408 g/mol. The number of hydroxylamine groups is 1. The highest BCUT2D eigenvalue weighted by atomic mass is 35.5. The summed E-state index contributed by atoms with van der Waals surface area (Å²) in [5, 5.41) is 2.17. The first-order valence-corrected chi connectivity index (χ1v) is 9.65. The zero-order valence-corrected chi connectivity index (χ0v) is 16.0. The highest BCUT2D eigenvalue weighted by molar-refractivity contribution is 6.30. The highest BCUT2D eigenvalue weighted by Gasteiger charge is 2.60. The SMILES string of the molecule is O=C1[C@H]2[C@@H](ON(c3ccc(Cl)cc3)[C@H]2c2ccco2)C(=O)N1Cc1ccccc1. The van der Waals surface area contributed by atoms with Crippen molar-refractivity contribution in [3.63, 3.8) is 0 Å². The molecule has 7 heteroatoms. The van der Waals surface area contributed by atoms with Gasteiger partial charge in [-0.1, -0.05) is 41.9 Å². The Balaban J connectivity index is 1.50. The molecule has 6 nitrogen and oxygen atoms in total. The second-order valence-corrected chi connectivity index (χ2v) is 7.50. The van der Waals surface area contributed by atoms with Crippen molar-refractivity contribution in [1.29, 1.82) is 0 Å². The van der Waals surface area contributed by atoms with Gasteiger partial charge in [0, 0.05) is 5.02 Å². The topological polar surface area (TPSA) is 63.0 Å². The molecule has 146 valence electrons. The van der Waals surface area contributed by atoms with Crippen molar-refractivity contribution in [1.82, 2.24) is 4.90 Å². The third kappa shape index (κ3) is 3.01. The summed E-state index contributed by atoms with van der Waals surface area (Å²) < 4.78 is 5.61. The van der Waals surface area contributed by atoms with Gasteiger partial charge in [-0.05, 0) is 42.0 Å². The number of fused-ring (bicyclic) bond motifs is 1. The molecule has 0 radical (unpaired) electrons. The quantitative estimate of drug-likeness (QED) is 0.611. The van der Waals surface area contributed by atoms with Crippen LogP contribution in [0.25, 0.3) is 0 Å². The summed E-state index contributed by atoms with van der Waals surface area (Å²) in [6.07, 6.45) is 0.656. The summed E-state index contributed by atoms with van der Waals surface area (Å²) in [5.41, 5.74) is 1.58. The number of rotatable bonds is 4. The van der Waals surface area contributed by atoms with Crippen LogP contribution >= 0.6 is 11.6 Å². The van der Waals surface area contributed by atoms with E-state index in [1.807, 2.05) is 30.3 Å². The Hall–Kier alpha value is -3.09. The summed E-state index contributed by atoms with van der Waals surface area (Å²) in [5.74, 6) is -0.721. The van der Waals surface area contributed by atoms with E-state index in [1.54, 1.807) is 47.7 Å². The summed E-state index contributed by atoms with van der Waals surface area (Å²) >= 11 is 6.00. The van der Waals surface area contributed by atoms with Crippen molar-refractivity contribution < 1.29 is 18.8 Å². The maximum absolute atomic E-state index is 13.3. The molecule has 0 saturated carbocycles. The first-order chi connectivity index (χ1) is 14.1. The van der Waals surface area contributed by atoms with Crippen LogP contribution in [0.1, 0.15) is 17.4 Å². The van der Waals surface area contributed by atoms with Gasteiger partial charge in [-0.2, -0.15) is 0 Å². The van der Waals surface area contributed by atoms with Gasteiger partial charge in [0.15, 0.2) is 6.10 Å². The zero-order valence-electron chi connectivity index (χ0n) is 15.3. The van der Waals surface area contributed by atoms with E-state index < -0.39 is 18.1 Å². The molecule has 0 aliphatic carbocycles. The van der Waals surface area contributed by atoms with Gasteiger partial charge in [0.05, 0.1) is 18.5 Å². The normalized spacial score (nSPS) is 23.7. The van der Waals surface area contributed by atoms with E-state index in [2.05, 4.69) is 0 Å². The Morgan fingerprint density at radius 1 is 0.897 bits per heavy atom. The summed E-state index contributed by atoms with van der Waals surface area (Å²) in [7, 11) is 0. The minimum absolute atomic E-state index is 0.223. The zero-order chi connectivity index (χ0) is 20.0. The fourth-order valence-electron chi connectivity index (χ4n) is 3.95.